The van der Waals surface area contributed by atoms with E-state index in [1.807, 2.05) is 10.6 Å². The third kappa shape index (κ3) is 3.34. The van der Waals surface area contributed by atoms with Crippen LogP contribution in [0.3, 0.4) is 0 Å². The van der Waals surface area contributed by atoms with Crippen molar-refractivity contribution in [2.75, 3.05) is 12.9 Å². The van der Waals surface area contributed by atoms with Gasteiger partial charge in [-0.2, -0.15) is 0 Å². The van der Waals surface area contributed by atoms with Crippen LogP contribution < -0.4 is 0 Å². The van der Waals surface area contributed by atoms with Gasteiger partial charge in [-0.05, 0) is 42.0 Å². The lowest BCUT2D eigenvalue weighted by molar-refractivity contribution is 0.297. The van der Waals surface area contributed by atoms with E-state index in [4.69, 9.17) is 0 Å². The van der Waals surface area contributed by atoms with Gasteiger partial charge in [-0.25, -0.2) is 12.8 Å². The van der Waals surface area contributed by atoms with Crippen molar-refractivity contribution in [2.45, 2.75) is 17.9 Å². The van der Waals surface area contributed by atoms with Gasteiger partial charge in [-0.1, -0.05) is 12.1 Å². The summed E-state index contributed by atoms with van der Waals surface area (Å²) in [4.78, 5) is 0.268. The third-order valence-corrected chi connectivity index (χ3v) is 5.12. The third-order valence-electron chi connectivity index (χ3n) is 4.01. The van der Waals surface area contributed by atoms with Gasteiger partial charge in [0, 0.05) is 42.4 Å². The Morgan fingerprint density at radius 3 is 2.42 bits per heavy atom. The predicted molar refractivity (Wildman–Crippen MR) is 91.3 cm³/mol. The average Bonchev–Trinajstić information content (AvgIpc) is 2.86. The van der Waals surface area contributed by atoms with Crippen LogP contribution in [-0.2, 0) is 22.8 Å². The van der Waals surface area contributed by atoms with Crippen LogP contribution in [0.5, 0.6) is 0 Å². The van der Waals surface area contributed by atoms with Crippen molar-refractivity contribution in [3.8, 4) is 0 Å². The van der Waals surface area contributed by atoms with Gasteiger partial charge in [0.25, 0.3) is 0 Å². The first-order chi connectivity index (χ1) is 11.4. The molecule has 6 heteroatoms. The Balaban J connectivity index is 2.10. The van der Waals surface area contributed by atoms with Crippen LogP contribution in [0, 0.1) is 5.82 Å². The zero-order valence-electron chi connectivity index (χ0n) is 13.2. The first kappa shape index (κ1) is 16.7. The number of benzene rings is 2. The molecule has 0 spiro atoms. The summed E-state index contributed by atoms with van der Waals surface area (Å²) < 4.78 is 38.6. The van der Waals surface area contributed by atoms with E-state index in [0.717, 1.165) is 22.2 Å². The van der Waals surface area contributed by atoms with E-state index in [1.54, 1.807) is 30.3 Å². The maximum absolute atomic E-state index is 13.1. The summed E-state index contributed by atoms with van der Waals surface area (Å²) in [7, 11) is -3.27. The lowest BCUT2D eigenvalue weighted by Crippen LogP contribution is -2.06. The molecule has 1 heterocycles. The first-order valence-electron chi connectivity index (χ1n) is 7.56. The van der Waals surface area contributed by atoms with Crippen LogP contribution >= 0.6 is 0 Å². The minimum atomic E-state index is -3.27. The lowest BCUT2D eigenvalue weighted by atomic mass is 10.2. The molecule has 0 radical (unpaired) electrons. The number of hydrogen-bond acceptors (Lipinski definition) is 3. The molecule has 0 saturated heterocycles. The number of aromatic nitrogens is 1. The molecule has 0 bridgehead atoms. The highest BCUT2D eigenvalue weighted by Gasteiger charge is 2.13. The summed E-state index contributed by atoms with van der Waals surface area (Å²) in [5, 5.41) is 10.1. The second-order valence-corrected chi connectivity index (χ2v) is 7.83. The van der Waals surface area contributed by atoms with Gasteiger partial charge in [0.1, 0.15) is 5.82 Å². The standard InChI is InChI=1S/C18H18FNO3S/c1-24(22,23)17-6-7-18-14(11-17)10-16(8-9-21)20(18)12-13-2-4-15(19)5-3-13/h2-7,10-11,21H,8-9,12H2,1H3. The average molecular weight is 347 g/mol. The van der Waals surface area contributed by atoms with Gasteiger partial charge in [-0.15, -0.1) is 0 Å². The quantitative estimate of drug-likeness (QED) is 0.772. The van der Waals surface area contributed by atoms with E-state index in [2.05, 4.69) is 0 Å². The zero-order chi connectivity index (χ0) is 17.3. The summed E-state index contributed by atoms with van der Waals surface area (Å²) >= 11 is 0. The molecule has 0 aliphatic carbocycles. The van der Waals surface area contributed by atoms with Gasteiger partial charge in [0.15, 0.2) is 9.84 Å². The Kier molecular flexibility index (Phi) is 4.43. The summed E-state index contributed by atoms with van der Waals surface area (Å²) in [5.41, 5.74) is 2.72. The normalized spacial score (nSPS) is 12.0. The highest BCUT2D eigenvalue weighted by atomic mass is 32.2. The molecule has 0 atom stereocenters. The molecule has 3 aromatic rings. The number of aliphatic hydroxyl groups is 1. The van der Waals surface area contributed by atoms with Gasteiger partial charge in [0.05, 0.1) is 4.90 Å². The fourth-order valence-electron chi connectivity index (χ4n) is 2.82. The molecule has 1 N–H and O–H groups in total. The largest absolute Gasteiger partial charge is 0.396 e. The van der Waals surface area contributed by atoms with Crippen molar-refractivity contribution in [3.05, 3.63) is 65.6 Å². The molecule has 3 rings (SSSR count). The van der Waals surface area contributed by atoms with Crippen molar-refractivity contribution in [3.63, 3.8) is 0 Å². The van der Waals surface area contributed by atoms with Crippen LogP contribution in [0.15, 0.2) is 53.4 Å². The Morgan fingerprint density at radius 2 is 1.79 bits per heavy atom. The fraction of sp³-hybridized carbons (Fsp3) is 0.222. The fourth-order valence-corrected chi connectivity index (χ4v) is 3.47. The maximum atomic E-state index is 13.1. The van der Waals surface area contributed by atoms with E-state index in [1.165, 1.54) is 18.4 Å². The molecule has 0 aliphatic rings. The van der Waals surface area contributed by atoms with Crippen molar-refractivity contribution in [1.82, 2.24) is 4.57 Å². The van der Waals surface area contributed by atoms with Crippen LogP contribution in [0.2, 0.25) is 0 Å². The molecule has 1 aromatic heterocycles. The number of fused-ring (bicyclic) bond motifs is 1. The number of halogens is 1. The van der Waals surface area contributed by atoms with Crippen molar-refractivity contribution in [1.29, 1.82) is 0 Å². The van der Waals surface area contributed by atoms with Crippen LogP contribution in [0.4, 0.5) is 4.39 Å². The van der Waals surface area contributed by atoms with E-state index in [9.17, 15) is 17.9 Å². The van der Waals surface area contributed by atoms with Gasteiger partial charge >= 0.3 is 0 Å². The molecular weight excluding hydrogens is 329 g/mol. The highest BCUT2D eigenvalue weighted by molar-refractivity contribution is 7.90. The second kappa shape index (κ2) is 6.37. The van der Waals surface area contributed by atoms with E-state index < -0.39 is 9.84 Å². The van der Waals surface area contributed by atoms with Crippen LogP contribution in [0.25, 0.3) is 10.9 Å². The Bertz CT molecular complexity index is 975. The molecule has 0 fully saturated rings. The molecule has 4 nitrogen and oxygen atoms in total. The van der Waals surface area contributed by atoms with E-state index in [-0.39, 0.29) is 17.3 Å². The molecule has 0 saturated carbocycles. The van der Waals surface area contributed by atoms with Crippen LogP contribution in [0.1, 0.15) is 11.3 Å². The van der Waals surface area contributed by atoms with E-state index >= 15 is 0 Å². The highest BCUT2D eigenvalue weighted by Crippen LogP contribution is 2.25. The number of nitrogens with zero attached hydrogens (tertiary/aromatic N) is 1. The Morgan fingerprint density at radius 1 is 1.08 bits per heavy atom. The molecular formula is C18H18FNO3S. The molecule has 24 heavy (non-hydrogen) atoms. The Hall–Kier alpha value is -2.18. The van der Waals surface area contributed by atoms with Gasteiger partial charge in [-0.3, -0.25) is 0 Å². The smallest absolute Gasteiger partial charge is 0.175 e. The van der Waals surface area contributed by atoms with Gasteiger partial charge < -0.3 is 9.67 Å². The van der Waals surface area contributed by atoms with Gasteiger partial charge in [0.2, 0.25) is 0 Å². The van der Waals surface area contributed by atoms with Crippen molar-refractivity contribution < 1.29 is 17.9 Å². The van der Waals surface area contributed by atoms with Crippen molar-refractivity contribution >= 4 is 20.7 Å². The summed E-state index contributed by atoms with van der Waals surface area (Å²) in [6, 6.07) is 13.2. The van der Waals surface area contributed by atoms with Crippen molar-refractivity contribution in [2.24, 2.45) is 0 Å². The number of aliphatic hydroxyl groups excluding tert-OH is 1. The topological polar surface area (TPSA) is 59.3 Å². The monoisotopic (exact) mass is 347 g/mol. The molecule has 0 amide bonds. The molecule has 0 unspecified atom stereocenters. The number of hydrogen-bond donors (Lipinski definition) is 1. The molecule has 126 valence electrons. The lowest BCUT2D eigenvalue weighted by Gasteiger charge is -2.11. The number of rotatable bonds is 5. The summed E-state index contributed by atoms with van der Waals surface area (Å²) in [6.45, 7) is 0.524. The summed E-state index contributed by atoms with van der Waals surface area (Å²) in [6.07, 6.45) is 1.64. The van der Waals surface area contributed by atoms with Crippen LogP contribution in [-0.4, -0.2) is 31.0 Å². The molecule has 0 aliphatic heterocycles. The minimum Gasteiger partial charge on any atom is -0.396 e. The second-order valence-electron chi connectivity index (χ2n) is 5.81. The Labute approximate surface area is 140 Å². The molecule has 2 aromatic carbocycles. The minimum absolute atomic E-state index is 0.00132. The SMILES string of the molecule is CS(=O)(=O)c1ccc2c(c1)cc(CCO)n2Cc1ccc(F)cc1. The maximum Gasteiger partial charge on any atom is 0.175 e. The number of sulfone groups is 1. The predicted octanol–water partition coefficient (Wildman–Crippen LogP) is 2.77. The first-order valence-corrected chi connectivity index (χ1v) is 9.45. The zero-order valence-corrected chi connectivity index (χ0v) is 14.1. The van der Waals surface area contributed by atoms with E-state index in [0.29, 0.717) is 13.0 Å². The summed E-state index contributed by atoms with van der Waals surface area (Å²) in [5.74, 6) is -0.288.